The summed E-state index contributed by atoms with van der Waals surface area (Å²) in [6.07, 6.45) is -0.853. The molecule has 5 heteroatoms. The van der Waals surface area contributed by atoms with Gasteiger partial charge in [-0.15, -0.1) is 3.89 Å². The summed E-state index contributed by atoms with van der Waals surface area (Å²) in [6, 6.07) is 0. The fourth-order valence-electron chi connectivity index (χ4n) is 0.528. The van der Waals surface area contributed by atoms with E-state index in [0.29, 0.717) is 0 Å². The van der Waals surface area contributed by atoms with Crippen LogP contribution in [-0.4, -0.2) is 16.4 Å². The van der Waals surface area contributed by atoms with Gasteiger partial charge in [-0.1, -0.05) is 0 Å². The number of rotatable bonds is 4. The number of halogens is 1. The first-order valence-electron chi connectivity index (χ1n) is 3.50. The van der Waals surface area contributed by atoms with Crippen LogP contribution in [0.15, 0.2) is 0 Å². The van der Waals surface area contributed by atoms with Crippen LogP contribution in [0, 0.1) is 0 Å². The molecule has 0 aromatic heterocycles. The first-order chi connectivity index (χ1) is 4.83. The molecule has 0 aromatic rings. The van der Waals surface area contributed by atoms with Gasteiger partial charge in [0.15, 0.2) is 0 Å². The highest BCUT2D eigenvalue weighted by atomic mass is 32.3. The Hall–Kier alpha value is -0.0000000000000000208. The van der Waals surface area contributed by atoms with E-state index in [9.17, 15) is 8.09 Å². The summed E-state index contributed by atoms with van der Waals surface area (Å²) < 4.78 is 32.3. The van der Waals surface area contributed by atoms with Gasteiger partial charge >= 0.3 is 0 Å². The Balaban J connectivity index is 3.91. The van der Waals surface area contributed by atoms with Crippen LogP contribution in [-0.2, 0) is 19.2 Å². The first-order valence-corrected chi connectivity index (χ1v) is 4.93. The minimum absolute atomic E-state index is 0.426. The Morgan fingerprint density at radius 2 is 1.36 bits per heavy atom. The molecular formula is C6H15FO3S. The van der Waals surface area contributed by atoms with Gasteiger partial charge in [0, 0.05) is 0 Å². The standard InChI is InChI=1S/C6H15FO3S/c1-5(2)9-11(7,8)10-6(3)4/h5-6,11H,1-4H3. The average molecular weight is 186 g/mol. The van der Waals surface area contributed by atoms with Crippen molar-refractivity contribution in [3.8, 4) is 0 Å². The monoisotopic (exact) mass is 186 g/mol. The van der Waals surface area contributed by atoms with Gasteiger partial charge in [0.25, 0.3) is 0 Å². The second-order valence-corrected chi connectivity index (χ2v) is 4.02. The molecule has 0 rings (SSSR count). The highest BCUT2D eigenvalue weighted by molar-refractivity contribution is 7.89. The van der Waals surface area contributed by atoms with Crippen LogP contribution >= 0.6 is 0 Å². The molecule has 0 aliphatic rings. The van der Waals surface area contributed by atoms with E-state index in [1.54, 1.807) is 27.7 Å². The van der Waals surface area contributed by atoms with Crippen molar-refractivity contribution >= 4 is 10.9 Å². The average Bonchev–Trinajstić information content (AvgIpc) is 1.53. The minimum Gasteiger partial charge on any atom is -0.269 e. The molecule has 0 heterocycles. The van der Waals surface area contributed by atoms with E-state index in [1.807, 2.05) is 0 Å². The summed E-state index contributed by atoms with van der Waals surface area (Å²) in [5.41, 5.74) is 0. The Kier molecular flexibility index (Phi) is 4.13. The number of hydrogen-bond acceptors (Lipinski definition) is 3. The van der Waals surface area contributed by atoms with E-state index < -0.39 is 23.1 Å². The molecule has 0 N–H and O–H groups in total. The molecule has 0 radical (unpaired) electrons. The summed E-state index contributed by atoms with van der Waals surface area (Å²) in [5, 5.41) is 0. The third-order valence-electron chi connectivity index (χ3n) is 0.673. The van der Waals surface area contributed by atoms with Crippen molar-refractivity contribution in [2.45, 2.75) is 39.9 Å². The maximum absolute atomic E-state index is 12.7. The molecule has 0 saturated heterocycles. The van der Waals surface area contributed by atoms with Gasteiger partial charge in [0.1, 0.15) is 0 Å². The molecule has 0 aliphatic heterocycles. The number of thiol groups is 1. The third kappa shape index (κ3) is 6.40. The van der Waals surface area contributed by atoms with Gasteiger partial charge in [0.2, 0.25) is 10.9 Å². The SMILES string of the molecule is CC(C)O[SH](=O)(F)OC(C)C. The first kappa shape index (κ1) is 11.0. The van der Waals surface area contributed by atoms with Crippen LogP contribution in [0.25, 0.3) is 0 Å². The molecule has 70 valence electrons. The van der Waals surface area contributed by atoms with Crippen molar-refractivity contribution in [1.82, 2.24) is 0 Å². The van der Waals surface area contributed by atoms with Crippen LogP contribution in [0.3, 0.4) is 0 Å². The molecule has 0 spiro atoms. The van der Waals surface area contributed by atoms with Crippen molar-refractivity contribution in [1.29, 1.82) is 0 Å². The largest absolute Gasteiger partial charge is 0.269 e. The minimum atomic E-state index is -4.30. The number of hydrogen-bond donors (Lipinski definition) is 1. The van der Waals surface area contributed by atoms with E-state index in [4.69, 9.17) is 0 Å². The van der Waals surface area contributed by atoms with Gasteiger partial charge in [-0.3, -0.25) is 8.37 Å². The second kappa shape index (κ2) is 4.13. The lowest BCUT2D eigenvalue weighted by Gasteiger charge is -2.20. The van der Waals surface area contributed by atoms with Crippen molar-refractivity contribution in [3.63, 3.8) is 0 Å². The Bertz CT molecular complexity index is 144. The summed E-state index contributed by atoms with van der Waals surface area (Å²) in [7, 11) is -4.30. The molecule has 0 aliphatic carbocycles. The van der Waals surface area contributed by atoms with Gasteiger partial charge in [-0.2, -0.15) is 0 Å². The summed E-state index contributed by atoms with van der Waals surface area (Å²) in [4.78, 5) is 0. The maximum atomic E-state index is 12.7. The zero-order valence-corrected chi connectivity index (χ0v) is 8.10. The fraction of sp³-hybridized carbons (Fsp3) is 1.00. The molecule has 0 fully saturated rings. The van der Waals surface area contributed by atoms with Gasteiger partial charge < -0.3 is 0 Å². The third-order valence-corrected chi connectivity index (χ3v) is 2.02. The van der Waals surface area contributed by atoms with Gasteiger partial charge in [0.05, 0.1) is 12.2 Å². The van der Waals surface area contributed by atoms with Gasteiger partial charge in [-0.25, -0.2) is 4.21 Å². The lowest BCUT2D eigenvalue weighted by Crippen LogP contribution is -2.21. The lowest BCUT2D eigenvalue weighted by atomic mass is 10.5. The van der Waals surface area contributed by atoms with Crippen LogP contribution in [0.1, 0.15) is 27.7 Å². The van der Waals surface area contributed by atoms with Crippen LogP contribution in [0.5, 0.6) is 0 Å². The Labute approximate surface area is 68.0 Å². The molecule has 0 aromatic carbocycles. The fourth-order valence-corrected chi connectivity index (χ4v) is 1.59. The highest BCUT2D eigenvalue weighted by Crippen LogP contribution is 2.15. The van der Waals surface area contributed by atoms with Crippen molar-refractivity contribution in [2.75, 3.05) is 0 Å². The molecule has 0 saturated carbocycles. The molecule has 0 amide bonds. The second-order valence-electron chi connectivity index (χ2n) is 2.74. The van der Waals surface area contributed by atoms with Crippen LogP contribution < -0.4 is 0 Å². The van der Waals surface area contributed by atoms with E-state index in [-0.39, 0.29) is 0 Å². The zero-order chi connectivity index (χ0) is 9.07. The van der Waals surface area contributed by atoms with E-state index in [1.165, 1.54) is 0 Å². The van der Waals surface area contributed by atoms with E-state index in [0.717, 1.165) is 0 Å². The van der Waals surface area contributed by atoms with Crippen molar-refractivity contribution in [3.05, 3.63) is 0 Å². The zero-order valence-electron chi connectivity index (χ0n) is 7.20. The molecule has 0 atom stereocenters. The van der Waals surface area contributed by atoms with E-state index in [2.05, 4.69) is 8.37 Å². The Morgan fingerprint density at radius 3 is 1.55 bits per heavy atom. The Morgan fingerprint density at radius 1 is 1.09 bits per heavy atom. The normalized spacial score (nSPS) is 14.5. The molecule has 0 unspecified atom stereocenters. The summed E-state index contributed by atoms with van der Waals surface area (Å²) >= 11 is 0. The van der Waals surface area contributed by atoms with Crippen molar-refractivity contribution in [2.24, 2.45) is 0 Å². The van der Waals surface area contributed by atoms with E-state index >= 15 is 0 Å². The van der Waals surface area contributed by atoms with Crippen LogP contribution in [0.2, 0.25) is 0 Å². The maximum Gasteiger partial charge on any atom is 0.219 e. The van der Waals surface area contributed by atoms with Crippen molar-refractivity contribution < 1.29 is 16.5 Å². The smallest absolute Gasteiger partial charge is 0.219 e. The van der Waals surface area contributed by atoms with Gasteiger partial charge in [-0.05, 0) is 27.7 Å². The lowest BCUT2D eigenvalue weighted by molar-refractivity contribution is 0.143. The topological polar surface area (TPSA) is 35.5 Å². The predicted octanol–water partition coefficient (Wildman–Crippen LogP) is 1.57. The highest BCUT2D eigenvalue weighted by Gasteiger charge is 2.16. The molecule has 11 heavy (non-hydrogen) atoms. The predicted molar refractivity (Wildman–Crippen MR) is 43.1 cm³/mol. The summed E-state index contributed by atoms with van der Waals surface area (Å²) in [5.74, 6) is 0. The summed E-state index contributed by atoms with van der Waals surface area (Å²) in [6.45, 7) is 6.37. The quantitative estimate of drug-likeness (QED) is 0.534. The molecular weight excluding hydrogens is 171 g/mol. The van der Waals surface area contributed by atoms with Crippen LogP contribution in [0.4, 0.5) is 3.89 Å². The molecule has 3 nitrogen and oxygen atoms in total. The molecule has 0 bridgehead atoms.